The van der Waals surface area contributed by atoms with Gasteiger partial charge in [0.05, 0.1) is 12.7 Å². The van der Waals surface area contributed by atoms with Crippen LogP contribution in [-0.4, -0.2) is 18.2 Å². The molecule has 4 nitrogen and oxygen atoms in total. The summed E-state index contributed by atoms with van der Waals surface area (Å²) in [5.74, 6) is 0.199. The number of benzene rings is 1. The summed E-state index contributed by atoms with van der Waals surface area (Å²) in [7, 11) is 1.42. The van der Waals surface area contributed by atoms with E-state index in [-0.39, 0.29) is 5.97 Å². The molecule has 2 N–H and O–H groups in total. The molecule has 0 bridgehead atoms. The molecule has 2 aromatic rings. The minimum absolute atomic E-state index is 0.295. The Balaban J connectivity index is 1.76. The number of hydrogen-bond donors (Lipinski definition) is 2. The molecule has 0 aliphatic heterocycles. The summed E-state index contributed by atoms with van der Waals surface area (Å²) in [6, 6.07) is 8.23. The quantitative estimate of drug-likeness (QED) is 0.546. The van der Waals surface area contributed by atoms with Crippen LogP contribution in [-0.2, 0) is 17.6 Å². The lowest BCUT2D eigenvalue weighted by Crippen LogP contribution is -2.20. The van der Waals surface area contributed by atoms with Gasteiger partial charge in [0.25, 0.3) is 0 Å². The molecule has 0 spiro atoms. The molecule has 0 atom stereocenters. The van der Waals surface area contributed by atoms with E-state index in [2.05, 4.69) is 36.6 Å². The topological polar surface area (TPSA) is 50.4 Å². The highest BCUT2D eigenvalue weighted by atomic mass is 32.1. The van der Waals surface area contributed by atoms with E-state index in [1.165, 1.54) is 24.0 Å². The number of hydrogen-bond acceptors (Lipinski definition) is 4. The van der Waals surface area contributed by atoms with Gasteiger partial charge in [0, 0.05) is 10.6 Å². The number of nitrogens with one attached hydrogen (secondary N) is 2. The predicted molar refractivity (Wildman–Crippen MR) is 113 cm³/mol. The fourth-order valence-electron chi connectivity index (χ4n) is 3.19. The Hall–Kier alpha value is -1.92. The van der Waals surface area contributed by atoms with Crippen molar-refractivity contribution in [3.63, 3.8) is 0 Å². The van der Waals surface area contributed by atoms with Gasteiger partial charge in [-0.15, -0.1) is 11.3 Å². The number of carbonyl (C=O) groups is 1. The van der Waals surface area contributed by atoms with E-state index >= 15 is 0 Å². The van der Waals surface area contributed by atoms with Crippen molar-refractivity contribution in [1.29, 1.82) is 0 Å². The van der Waals surface area contributed by atoms with Crippen molar-refractivity contribution < 1.29 is 9.53 Å². The summed E-state index contributed by atoms with van der Waals surface area (Å²) in [5.41, 5.74) is 3.98. The molecule has 0 amide bonds. The summed E-state index contributed by atoms with van der Waals surface area (Å²) >= 11 is 7.07. The van der Waals surface area contributed by atoms with Gasteiger partial charge in [0.2, 0.25) is 0 Å². The second-order valence-electron chi connectivity index (χ2n) is 6.76. The van der Waals surface area contributed by atoms with Crippen molar-refractivity contribution in [3.8, 4) is 0 Å². The van der Waals surface area contributed by atoms with E-state index in [9.17, 15) is 4.79 Å². The van der Waals surface area contributed by atoms with E-state index in [1.807, 2.05) is 12.1 Å². The Morgan fingerprint density at radius 1 is 1.15 bits per heavy atom. The number of aryl methyl sites for hydroxylation is 1. The maximum Gasteiger partial charge on any atom is 0.341 e. The van der Waals surface area contributed by atoms with Crippen molar-refractivity contribution in [2.24, 2.45) is 0 Å². The fraction of sp³-hybridized carbons (Fsp3) is 0.400. The summed E-state index contributed by atoms with van der Waals surface area (Å²) in [6.07, 6.45) is 4.22. The molecule has 0 saturated heterocycles. The summed E-state index contributed by atoms with van der Waals surface area (Å²) in [6.45, 7) is 4.34. The van der Waals surface area contributed by atoms with Crippen LogP contribution in [0.1, 0.15) is 59.0 Å². The van der Waals surface area contributed by atoms with Crippen molar-refractivity contribution >= 4 is 45.3 Å². The van der Waals surface area contributed by atoms with Crippen LogP contribution in [0.15, 0.2) is 24.3 Å². The van der Waals surface area contributed by atoms with Gasteiger partial charge in [-0.2, -0.15) is 0 Å². The van der Waals surface area contributed by atoms with Crippen LogP contribution in [0.2, 0.25) is 0 Å². The maximum absolute atomic E-state index is 12.3. The number of carbonyl (C=O) groups excluding carboxylic acids is 1. The molecule has 1 aromatic heterocycles. The molecule has 0 saturated carbocycles. The van der Waals surface area contributed by atoms with Crippen LogP contribution < -0.4 is 10.6 Å². The third-order valence-corrected chi connectivity index (χ3v) is 6.03. The number of rotatable bonds is 4. The van der Waals surface area contributed by atoms with E-state index in [0.717, 1.165) is 35.5 Å². The highest BCUT2D eigenvalue weighted by Gasteiger charge is 2.26. The SMILES string of the molecule is COC(=O)c1c(NC(=S)Nc2ccc(C(C)C)cc2)sc2c1CCCC2. The first-order valence-electron chi connectivity index (χ1n) is 8.90. The Labute approximate surface area is 164 Å². The standard InChI is InChI=1S/C20H24N2O2S2/c1-12(2)13-8-10-14(11-9-13)21-20(25)22-18-17(19(23)24-3)15-6-4-5-7-16(15)26-18/h8-12H,4-7H2,1-3H3,(H2,21,22,25). The van der Waals surface area contributed by atoms with Crippen molar-refractivity contribution in [3.05, 3.63) is 45.8 Å². The molecule has 0 fully saturated rings. The molecule has 1 aromatic carbocycles. The monoisotopic (exact) mass is 388 g/mol. The Morgan fingerprint density at radius 3 is 2.50 bits per heavy atom. The zero-order valence-corrected chi connectivity index (χ0v) is 17.0. The highest BCUT2D eigenvalue weighted by molar-refractivity contribution is 7.80. The normalized spacial score (nSPS) is 13.2. The van der Waals surface area contributed by atoms with Gasteiger partial charge in [0.1, 0.15) is 5.00 Å². The van der Waals surface area contributed by atoms with Crippen molar-refractivity contribution in [1.82, 2.24) is 0 Å². The summed E-state index contributed by atoms with van der Waals surface area (Å²) < 4.78 is 5.00. The average Bonchev–Trinajstić information content (AvgIpc) is 2.99. The van der Waals surface area contributed by atoms with Crippen LogP contribution in [0, 0.1) is 0 Å². The number of thiophene rings is 1. The molecule has 26 heavy (non-hydrogen) atoms. The molecule has 1 aliphatic rings. The predicted octanol–water partition coefficient (Wildman–Crippen LogP) is 5.35. The summed E-state index contributed by atoms with van der Waals surface area (Å²) in [4.78, 5) is 13.6. The number of ether oxygens (including phenoxy) is 1. The molecule has 0 radical (unpaired) electrons. The Bertz CT molecular complexity index is 810. The number of methoxy groups -OCH3 is 1. The molecular formula is C20H24N2O2S2. The van der Waals surface area contributed by atoms with E-state index in [0.29, 0.717) is 16.6 Å². The molecule has 138 valence electrons. The van der Waals surface area contributed by atoms with Crippen molar-refractivity contribution in [2.75, 3.05) is 17.7 Å². The third kappa shape index (κ3) is 4.07. The van der Waals surface area contributed by atoms with E-state index in [1.54, 1.807) is 11.3 Å². The highest BCUT2D eigenvalue weighted by Crippen LogP contribution is 2.38. The first-order valence-corrected chi connectivity index (χ1v) is 10.1. The first-order chi connectivity index (χ1) is 12.5. The van der Waals surface area contributed by atoms with Crippen LogP contribution in [0.3, 0.4) is 0 Å². The van der Waals surface area contributed by atoms with Gasteiger partial charge >= 0.3 is 5.97 Å². The lowest BCUT2D eigenvalue weighted by Gasteiger charge is -2.13. The second-order valence-corrected chi connectivity index (χ2v) is 8.28. The second kappa shape index (κ2) is 8.18. The Kier molecular flexibility index (Phi) is 5.94. The lowest BCUT2D eigenvalue weighted by atomic mass is 9.95. The van der Waals surface area contributed by atoms with Crippen LogP contribution in [0.4, 0.5) is 10.7 Å². The number of esters is 1. The van der Waals surface area contributed by atoms with Gasteiger partial charge in [0.15, 0.2) is 5.11 Å². The van der Waals surface area contributed by atoms with Crippen molar-refractivity contribution in [2.45, 2.75) is 45.4 Å². The van der Waals surface area contributed by atoms with Crippen LogP contribution in [0.5, 0.6) is 0 Å². The minimum atomic E-state index is -0.295. The molecule has 1 aliphatic carbocycles. The van der Waals surface area contributed by atoms with Crippen LogP contribution in [0.25, 0.3) is 0 Å². The van der Waals surface area contributed by atoms with E-state index < -0.39 is 0 Å². The fourth-order valence-corrected chi connectivity index (χ4v) is 4.76. The van der Waals surface area contributed by atoms with Gasteiger partial charge in [-0.1, -0.05) is 26.0 Å². The number of thiocarbonyl (C=S) groups is 1. The maximum atomic E-state index is 12.3. The summed E-state index contributed by atoms with van der Waals surface area (Å²) in [5, 5.41) is 7.66. The van der Waals surface area contributed by atoms with Gasteiger partial charge in [-0.05, 0) is 67.1 Å². The van der Waals surface area contributed by atoms with Gasteiger partial charge in [-0.25, -0.2) is 4.79 Å². The van der Waals surface area contributed by atoms with Gasteiger partial charge < -0.3 is 15.4 Å². The lowest BCUT2D eigenvalue weighted by molar-refractivity contribution is 0.0601. The zero-order valence-electron chi connectivity index (χ0n) is 15.3. The van der Waals surface area contributed by atoms with Crippen LogP contribution >= 0.6 is 23.6 Å². The number of fused-ring (bicyclic) bond motifs is 1. The molecule has 1 heterocycles. The zero-order chi connectivity index (χ0) is 18.7. The third-order valence-electron chi connectivity index (χ3n) is 4.62. The minimum Gasteiger partial charge on any atom is -0.465 e. The molecule has 3 rings (SSSR count). The smallest absolute Gasteiger partial charge is 0.341 e. The molecular weight excluding hydrogens is 364 g/mol. The Morgan fingerprint density at radius 2 is 1.85 bits per heavy atom. The molecule has 6 heteroatoms. The molecule has 0 unspecified atom stereocenters. The number of anilines is 2. The van der Waals surface area contributed by atoms with Gasteiger partial charge in [-0.3, -0.25) is 0 Å². The van der Waals surface area contributed by atoms with E-state index in [4.69, 9.17) is 17.0 Å². The first kappa shape index (κ1) is 18.9. The average molecular weight is 389 g/mol. The largest absolute Gasteiger partial charge is 0.465 e.